The van der Waals surface area contributed by atoms with Gasteiger partial charge < -0.3 is 9.84 Å². The van der Waals surface area contributed by atoms with Gasteiger partial charge in [-0.15, -0.1) is 0 Å². The third-order valence-corrected chi connectivity index (χ3v) is 2.02. The van der Waals surface area contributed by atoms with Crippen LogP contribution in [0.4, 0.5) is 8.78 Å². The molecule has 0 aliphatic rings. The van der Waals surface area contributed by atoms with Crippen molar-refractivity contribution in [2.24, 2.45) is 0 Å². The van der Waals surface area contributed by atoms with Crippen LogP contribution in [0.2, 0.25) is 0 Å². The highest BCUT2D eigenvalue weighted by Crippen LogP contribution is 2.16. The fourth-order valence-corrected chi connectivity index (χ4v) is 1.30. The minimum absolute atomic E-state index is 0.116. The highest BCUT2D eigenvalue weighted by atomic mass is 19.2. The molecule has 1 rings (SSSR count). The Labute approximate surface area is 95.8 Å². The largest absolute Gasteiger partial charge is 0.478 e. The van der Waals surface area contributed by atoms with E-state index < -0.39 is 35.6 Å². The molecule has 1 aromatic carbocycles. The van der Waals surface area contributed by atoms with E-state index in [2.05, 4.69) is 4.74 Å². The Hall–Kier alpha value is -1.98. The maximum absolute atomic E-state index is 12.9. The first-order chi connectivity index (χ1) is 7.95. The maximum atomic E-state index is 12.9. The molecule has 0 aromatic heterocycles. The van der Waals surface area contributed by atoms with Crippen molar-refractivity contribution in [1.82, 2.24) is 0 Å². The predicted octanol–water partition coefficient (Wildman–Crippen LogP) is 1.77. The van der Waals surface area contributed by atoms with Gasteiger partial charge in [0.05, 0.1) is 18.6 Å². The monoisotopic (exact) mass is 244 g/mol. The standard InChI is InChI=1S/C11H10F2O4/c1-2-17-10(14)4-6-3-8(12)9(13)5-7(6)11(15)16/h3,5H,2,4H2,1H3,(H,15,16). The second-order valence-corrected chi connectivity index (χ2v) is 3.21. The Kier molecular flexibility index (Phi) is 4.14. The fraction of sp³-hybridized carbons (Fsp3) is 0.273. The number of carboxylic acids is 1. The van der Waals surface area contributed by atoms with Crippen molar-refractivity contribution in [3.8, 4) is 0 Å². The summed E-state index contributed by atoms with van der Waals surface area (Å²) in [4.78, 5) is 21.9. The number of benzene rings is 1. The molecule has 0 saturated heterocycles. The van der Waals surface area contributed by atoms with Gasteiger partial charge >= 0.3 is 11.9 Å². The second-order valence-electron chi connectivity index (χ2n) is 3.21. The molecule has 1 aromatic rings. The van der Waals surface area contributed by atoms with Crippen molar-refractivity contribution in [3.63, 3.8) is 0 Å². The highest BCUT2D eigenvalue weighted by molar-refractivity contribution is 5.91. The number of aromatic carboxylic acids is 1. The third kappa shape index (κ3) is 3.24. The van der Waals surface area contributed by atoms with Crippen LogP contribution in [0, 0.1) is 11.6 Å². The lowest BCUT2D eigenvalue weighted by molar-refractivity contribution is -0.142. The molecular formula is C11H10F2O4. The molecule has 17 heavy (non-hydrogen) atoms. The van der Waals surface area contributed by atoms with E-state index in [4.69, 9.17) is 5.11 Å². The van der Waals surface area contributed by atoms with E-state index >= 15 is 0 Å². The third-order valence-electron chi connectivity index (χ3n) is 2.02. The van der Waals surface area contributed by atoms with Crippen molar-refractivity contribution < 1.29 is 28.2 Å². The summed E-state index contributed by atoms with van der Waals surface area (Å²) in [5, 5.41) is 8.78. The number of carbonyl (C=O) groups is 2. The smallest absolute Gasteiger partial charge is 0.336 e. The molecule has 0 bridgehead atoms. The first-order valence-electron chi connectivity index (χ1n) is 4.82. The first-order valence-corrected chi connectivity index (χ1v) is 4.82. The fourth-order valence-electron chi connectivity index (χ4n) is 1.30. The van der Waals surface area contributed by atoms with Gasteiger partial charge in [0.15, 0.2) is 11.6 Å². The molecule has 0 saturated carbocycles. The van der Waals surface area contributed by atoms with E-state index in [1.165, 1.54) is 0 Å². The molecule has 4 nitrogen and oxygen atoms in total. The predicted molar refractivity (Wildman–Crippen MR) is 53.7 cm³/mol. The van der Waals surface area contributed by atoms with Gasteiger partial charge in [0, 0.05) is 0 Å². The molecule has 92 valence electrons. The number of halogens is 2. The van der Waals surface area contributed by atoms with Crippen molar-refractivity contribution in [3.05, 3.63) is 34.9 Å². The molecule has 0 unspecified atom stereocenters. The first kappa shape index (κ1) is 13.1. The molecule has 0 radical (unpaired) electrons. The Morgan fingerprint density at radius 2 is 1.88 bits per heavy atom. The zero-order valence-electron chi connectivity index (χ0n) is 9.00. The van der Waals surface area contributed by atoms with Crippen LogP contribution in [0.5, 0.6) is 0 Å². The van der Waals surface area contributed by atoms with Gasteiger partial charge in [-0.3, -0.25) is 4.79 Å². The van der Waals surface area contributed by atoms with Crippen molar-refractivity contribution in [2.45, 2.75) is 13.3 Å². The number of rotatable bonds is 4. The summed E-state index contributed by atoms with van der Waals surface area (Å²) < 4.78 is 30.4. The molecule has 0 spiro atoms. The van der Waals surface area contributed by atoms with E-state index in [0.717, 1.165) is 0 Å². The van der Waals surface area contributed by atoms with Gasteiger partial charge in [0.1, 0.15) is 0 Å². The highest BCUT2D eigenvalue weighted by Gasteiger charge is 2.17. The molecule has 0 aliphatic heterocycles. The molecule has 0 atom stereocenters. The Morgan fingerprint density at radius 3 is 2.41 bits per heavy atom. The summed E-state index contributed by atoms with van der Waals surface area (Å²) in [6.45, 7) is 1.71. The summed E-state index contributed by atoms with van der Waals surface area (Å²) in [7, 11) is 0. The minimum Gasteiger partial charge on any atom is -0.478 e. The maximum Gasteiger partial charge on any atom is 0.336 e. The average molecular weight is 244 g/mol. The lowest BCUT2D eigenvalue weighted by atomic mass is 10.0. The summed E-state index contributed by atoms with van der Waals surface area (Å²) in [6, 6.07) is 1.24. The van der Waals surface area contributed by atoms with Crippen LogP contribution in [0.25, 0.3) is 0 Å². The Bertz CT molecular complexity index is 457. The van der Waals surface area contributed by atoms with Crippen LogP contribution in [0.1, 0.15) is 22.8 Å². The van der Waals surface area contributed by atoms with Gasteiger partial charge in [-0.1, -0.05) is 0 Å². The number of carbonyl (C=O) groups excluding carboxylic acids is 1. The molecule has 0 aliphatic carbocycles. The average Bonchev–Trinajstić information content (AvgIpc) is 2.23. The van der Waals surface area contributed by atoms with Crippen LogP contribution in [-0.2, 0) is 16.0 Å². The topological polar surface area (TPSA) is 63.6 Å². The quantitative estimate of drug-likeness (QED) is 0.820. The Balaban J connectivity index is 3.08. The number of esters is 1. The van der Waals surface area contributed by atoms with E-state index in [1.54, 1.807) is 6.92 Å². The summed E-state index contributed by atoms with van der Waals surface area (Å²) in [5.74, 6) is -4.59. The minimum atomic E-state index is -1.43. The van der Waals surface area contributed by atoms with E-state index in [9.17, 15) is 18.4 Å². The lowest BCUT2D eigenvalue weighted by Crippen LogP contribution is -2.12. The van der Waals surface area contributed by atoms with Gasteiger partial charge in [-0.25, -0.2) is 13.6 Å². The summed E-state index contributed by atoms with van der Waals surface area (Å²) in [5.41, 5.74) is -0.563. The zero-order chi connectivity index (χ0) is 13.0. The summed E-state index contributed by atoms with van der Waals surface area (Å²) in [6.07, 6.45) is -0.410. The van der Waals surface area contributed by atoms with Gasteiger partial charge in [0.25, 0.3) is 0 Å². The van der Waals surface area contributed by atoms with Crippen LogP contribution in [0.15, 0.2) is 12.1 Å². The number of ether oxygens (including phenoxy) is 1. The second kappa shape index (κ2) is 5.38. The molecular weight excluding hydrogens is 234 g/mol. The SMILES string of the molecule is CCOC(=O)Cc1cc(F)c(F)cc1C(=O)O. The molecule has 0 fully saturated rings. The van der Waals surface area contributed by atoms with E-state index in [0.29, 0.717) is 12.1 Å². The number of carboxylic acid groups (broad SMARTS) is 1. The number of hydrogen-bond acceptors (Lipinski definition) is 3. The molecule has 6 heteroatoms. The van der Waals surface area contributed by atoms with Crippen molar-refractivity contribution in [1.29, 1.82) is 0 Å². The number of hydrogen-bond donors (Lipinski definition) is 1. The molecule has 1 N–H and O–H groups in total. The molecule has 0 heterocycles. The van der Waals surface area contributed by atoms with Gasteiger partial charge in [-0.05, 0) is 24.6 Å². The Morgan fingerprint density at radius 1 is 1.29 bits per heavy atom. The van der Waals surface area contributed by atoms with Crippen molar-refractivity contribution in [2.75, 3.05) is 6.61 Å². The van der Waals surface area contributed by atoms with Crippen LogP contribution < -0.4 is 0 Å². The lowest BCUT2D eigenvalue weighted by Gasteiger charge is -2.06. The van der Waals surface area contributed by atoms with Crippen LogP contribution in [-0.4, -0.2) is 23.7 Å². The zero-order valence-corrected chi connectivity index (χ0v) is 9.00. The molecule has 0 amide bonds. The van der Waals surface area contributed by atoms with E-state index in [1.807, 2.05) is 0 Å². The van der Waals surface area contributed by atoms with Gasteiger partial charge in [0.2, 0.25) is 0 Å². The van der Waals surface area contributed by atoms with Crippen molar-refractivity contribution >= 4 is 11.9 Å². The normalized spacial score (nSPS) is 10.1. The van der Waals surface area contributed by atoms with Crippen LogP contribution in [0.3, 0.4) is 0 Å². The van der Waals surface area contributed by atoms with E-state index in [-0.39, 0.29) is 12.2 Å². The van der Waals surface area contributed by atoms with Gasteiger partial charge in [-0.2, -0.15) is 0 Å². The summed E-state index contributed by atoms with van der Waals surface area (Å²) >= 11 is 0. The van der Waals surface area contributed by atoms with Crippen LogP contribution >= 0.6 is 0 Å².